The Morgan fingerprint density at radius 3 is 2.56 bits per heavy atom. The third kappa shape index (κ3) is 3.88. The lowest BCUT2D eigenvalue weighted by atomic mass is 10.4. The number of amides is 2. The summed E-state index contributed by atoms with van der Waals surface area (Å²) in [6.45, 7) is -0.395. The van der Waals surface area contributed by atoms with Crippen LogP contribution >= 0.6 is 0 Å². The lowest BCUT2D eigenvalue weighted by Gasteiger charge is -2.07. The van der Waals surface area contributed by atoms with Crippen LogP contribution in [-0.4, -0.2) is 44.8 Å². The number of aliphatic hydroxyl groups is 1. The van der Waals surface area contributed by atoms with Crippen LogP contribution < -0.4 is 10.6 Å². The molecule has 2 amide bonds. The molecule has 16 heavy (non-hydrogen) atoms. The number of carboxylic acid groups (broad SMARTS) is 1. The molecular weight excluding hydrogens is 216 g/mol. The van der Waals surface area contributed by atoms with Crippen LogP contribution in [0.15, 0.2) is 18.5 Å². The summed E-state index contributed by atoms with van der Waals surface area (Å²) in [5.74, 6) is -1.32. The molecule has 1 unspecified atom stereocenters. The lowest BCUT2D eigenvalue weighted by molar-refractivity contribution is -0.146. The highest BCUT2D eigenvalue weighted by Crippen LogP contribution is 1.92. The van der Waals surface area contributed by atoms with Crippen LogP contribution in [0.25, 0.3) is 0 Å². The predicted octanol–water partition coefficient (Wildman–Crippen LogP) is -0.956. The van der Waals surface area contributed by atoms with E-state index in [1.807, 2.05) is 0 Å². The molecule has 1 atom stereocenters. The molecule has 0 saturated carbocycles. The maximum Gasteiger partial charge on any atom is 0.334 e. The minimum atomic E-state index is -1.64. The van der Waals surface area contributed by atoms with Gasteiger partial charge in [0.05, 0.1) is 6.54 Å². The normalized spacial score (nSPS) is 11.6. The zero-order valence-electron chi connectivity index (χ0n) is 8.12. The number of urea groups is 1. The molecule has 0 saturated heterocycles. The molecule has 1 rings (SSSR count). The number of aliphatic hydroxyl groups excluding tert-OH is 1. The van der Waals surface area contributed by atoms with Gasteiger partial charge in [0.15, 0.2) is 6.10 Å². The average molecular weight is 226 g/mol. The molecule has 1 aromatic heterocycles. The van der Waals surface area contributed by atoms with E-state index in [0.29, 0.717) is 0 Å². The summed E-state index contributed by atoms with van der Waals surface area (Å²) in [5.41, 5.74) is 0. The number of hydrogen-bond acceptors (Lipinski definition) is 5. The maximum atomic E-state index is 11.1. The molecular formula is C8H10N4O4. The minimum Gasteiger partial charge on any atom is -0.479 e. The fourth-order valence-electron chi connectivity index (χ4n) is 0.786. The van der Waals surface area contributed by atoms with Gasteiger partial charge in [-0.1, -0.05) is 0 Å². The van der Waals surface area contributed by atoms with Crippen molar-refractivity contribution in [2.45, 2.75) is 6.10 Å². The van der Waals surface area contributed by atoms with Crippen molar-refractivity contribution in [2.75, 3.05) is 11.9 Å². The molecule has 0 spiro atoms. The van der Waals surface area contributed by atoms with E-state index in [2.05, 4.69) is 20.6 Å². The summed E-state index contributed by atoms with van der Waals surface area (Å²) in [5, 5.41) is 21.6. The number of carbonyl (C=O) groups is 2. The van der Waals surface area contributed by atoms with Crippen molar-refractivity contribution >= 4 is 17.9 Å². The third-order valence-electron chi connectivity index (χ3n) is 1.53. The Bertz CT molecular complexity index is 370. The van der Waals surface area contributed by atoms with Crippen LogP contribution in [0.2, 0.25) is 0 Å². The minimum absolute atomic E-state index is 0.0878. The van der Waals surface area contributed by atoms with Gasteiger partial charge in [-0.2, -0.15) is 0 Å². The number of carbonyl (C=O) groups excluding carboxylic acids is 1. The van der Waals surface area contributed by atoms with Gasteiger partial charge in [-0.3, -0.25) is 5.32 Å². The van der Waals surface area contributed by atoms with E-state index in [1.54, 1.807) is 6.07 Å². The molecule has 86 valence electrons. The molecule has 8 heteroatoms. The zero-order valence-corrected chi connectivity index (χ0v) is 8.12. The van der Waals surface area contributed by atoms with Gasteiger partial charge < -0.3 is 15.5 Å². The zero-order chi connectivity index (χ0) is 12.0. The molecule has 4 N–H and O–H groups in total. The van der Waals surface area contributed by atoms with E-state index in [4.69, 9.17) is 10.2 Å². The van der Waals surface area contributed by atoms with Crippen molar-refractivity contribution < 1.29 is 19.8 Å². The Morgan fingerprint density at radius 2 is 2.00 bits per heavy atom. The highest BCUT2D eigenvalue weighted by Gasteiger charge is 2.14. The predicted molar refractivity (Wildman–Crippen MR) is 52.7 cm³/mol. The van der Waals surface area contributed by atoms with Gasteiger partial charge in [0.1, 0.15) is 0 Å². The van der Waals surface area contributed by atoms with E-state index in [9.17, 15) is 9.59 Å². The second-order valence-electron chi connectivity index (χ2n) is 2.76. The highest BCUT2D eigenvalue weighted by atomic mass is 16.4. The second kappa shape index (κ2) is 5.61. The number of anilines is 1. The van der Waals surface area contributed by atoms with Crippen molar-refractivity contribution in [2.24, 2.45) is 0 Å². The van der Waals surface area contributed by atoms with Gasteiger partial charge in [0.2, 0.25) is 5.95 Å². The molecule has 8 nitrogen and oxygen atoms in total. The number of rotatable bonds is 4. The largest absolute Gasteiger partial charge is 0.479 e. The number of carboxylic acids is 1. The number of aliphatic carboxylic acids is 1. The topological polar surface area (TPSA) is 124 Å². The molecule has 1 heterocycles. The summed E-state index contributed by atoms with van der Waals surface area (Å²) < 4.78 is 0. The Hall–Kier alpha value is -2.22. The van der Waals surface area contributed by atoms with Crippen LogP contribution in [0.1, 0.15) is 0 Å². The van der Waals surface area contributed by atoms with Gasteiger partial charge in [-0.15, -0.1) is 0 Å². The first kappa shape index (κ1) is 11.9. The summed E-state index contributed by atoms with van der Waals surface area (Å²) in [6.07, 6.45) is 1.24. The van der Waals surface area contributed by atoms with Gasteiger partial charge >= 0.3 is 12.0 Å². The molecule has 1 aromatic rings. The summed E-state index contributed by atoms with van der Waals surface area (Å²) in [4.78, 5) is 28.8. The van der Waals surface area contributed by atoms with Gasteiger partial charge in [0, 0.05) is 12.4 Å². The summed E-state index contributed by atoms with van der Waals surface area (Å²) in [7, 11) is 0. The second-order valence-corrected chi connectivity index (χ2v) is 2.76. The van der Waals surface area contributed by atoms with Crippen LogP contribution in [0.5, 0.6) is 0 Å². The molecule has 0 aromatic carbocycles. The smallest absolute Gasteiger partial charge is 0.334 e. The van der Waals surface area contributed by atoms with Crippen LogP contribution in [0, 0.1) is 0 Å². The summed E-state index contributed by atoms with van der Waals surface area (Å²) in [6, 6.07) is 0.892. The third-order valence-corrected chi connectivity index (χ3v) is 1.53. The molecule has 0 radical (unpaired) electrons. The highest BCUT2D eigenvalue weighted by molar-refractivity contribution is 5.87. The average Bonchev–Trinajstić information content (AvgIpc) is 2.27. The number of hydrogen-bond donors (Lipinski definition) is 4. The summed E-state index contributed by atoms with van der Waals surface area (Å²) >= 11 is 0. The van der Waals surface area contributed by atoms with Crippen LogP contribution in [0.4, 0.5) is 10.7 Å². The first-order chi connectivity index (χ1) is 7.59. The maximum absolute atomic E-state index is 11.1. The Kier molecular flexibility index (Phi) is 4.16. The lowest BCUT2D eigenvalue weighted by Crippen LogP contribution is -2.38. The van der Waals surface area contributed by atoms with Crippen molar-refractivity contribution in [3.63, 3.8) is 0 Å². The Morgan fingerprint density at radius 1 is 1.38 bits per heavy atom. The van der Waals surface area contributed by atoms with Gasteiger partial charge in [-0.05, 0) is 6.07 Å². The molecule has 0 aliphatic carbocycles. The number of aromatic nitrogens is 2. The fourth-order valence-corrected chi connectivity index (χ4v) is 0.786. The fraction of sp³-hybridized carbons (Fsp3) is 0.250. The van der Waals surface area contributed by atoms with E-state index >= 15 is 0 Å². The molecule has 0 fully saturated rings. The Balaban J connectivity index is 2.35. The SMILES string of the molecule is O=C(NCC(O)C(=O)O)Nc1ncccn1. The standard InChI is InChI=1S/C8H10N4O4/c13-5(6(14)15)4-11-8(16)12-7-9-2-1-3-10-7/h1-3,5,13H,4H2,(H,14,15)(H2,9,10,11,12,16). The monoisotopic (exact) mass is 226 g/mol. The molecule has 0 bridgehead atoms. The molecule has 0 aliphatic rings. The van der Waals surface area contributed by atoms with E-state index < -0.39 is 24.6 Å². The van der Waals surface area contributed by atoms with Crippen molar-refractivity contribution in [1.82, 2.24) is 15.3 Å². The van der Waals surface area contributed by atoms with Crippen molar-refractivity contribution in [3.8, 4) is 0 Å². The van der Waals surface area contributed by atoms with Crippen molar-refractivity contribution in [3.05, 3.63) is 18.5 Å². The van der Waals surface area contributed by atoms with E-state index in [1.165, 1.54) is 12.4 Å². The van der Waals surface area contributed by atoms with Crippen molar-refractivity contribution in [1.29, 1.82) is 0 Å². The van der Waals surface area contributed by atoms with Gasteiger partial charge in [-0.25, -0.2) is 19.6 Å². The number of nitrogens with zero attached hydrogens (tertiary/aromatic N) is 2. The van der Waals surface area contributed by atoms with E-state index in [0.717, 1.165) is 0 Å². The van der Waals surface area contributed by atoms with E-state index in [-0.39, 0.29) is 5.95 Å². The first-order valence-corrected chi connectivity index (χ1v) is 4.32. The van der Waals surface area contributed by atoms with Gasteiger partial charge in [0.25, 0.3) is 0 Å². The first-order valence-electron chi connectivity index (χ1n) is 4.32. The molecule has 0 aliphatic heterocycles. The quantitative estimate of drug-likeness (QED) is 0.524. The Labute approximate surface area is 90.3 Å². The van der Waals surface area contributed by atoms with Crippen LogP contribution in [-0.2, 0) is 4.79 Å². The van der Waals surface area contributed by atoms with Crippen LogP contribution in [0.3, 0.4) is 0 Å². The number of nitrogens with one attached hydrogen (secondary N) is 2.